The fourth-order valence-corrected chi connectivity index (χ4v) is 2.03. The van der Waals surface area contributed by atoms with E-state index in [0.29, 0.717) is 0 Å². The molecule has 0 aliphatic rings. The van der Waals surface area contributed by atoms with E-state index in [2.05, 4.69) is 51.7 Å². The van der Waals surface area contributed by atoms with E-state index in [0.717, 1.165) is 11.8 Å². The van der Waals surface area contributed by atoms with Crippen LogP contribution >= 0.6 is 0 Å². The van der Waals surface area contributed by atoms with Crippen LogP contribution in [0.3, 0.4) is 0 Å². The molecule has 0 rings (SSSR count). The number of allylic oxidation sites excluding steroid dienone is 5. The molecule has 0 bridgehead atoms. The molecule has 0 heterocycles. The molecule has 0 spiro atoms. The van der Waals surface area contributed by atoms with E-state index >= 15 is 0 Å². The third-order valence-electron chi connectivity index (χ3n) is 3.27. The zero-order valence-corrected chi connectivity index (χ0v) is 11.3. The van der Waals surface area contributed by atoms with Crippen LogP contribution in [0.4, 0.5) is 0 Å². The van der Waals surface area contributed by atoms with Crippen molar-refractivity contribution in [3.05, 3.63) is 37.0 Å². The largest absolute Gasteiger partial charge is 0.0991 e. The smallest absolute Gasteiger partial charge is 0.0319 e. The summed E-state index contributed by atoms with van der Waals surface area (Å²) in [4.78, 5) is 0. The minimum Gasteiger partial charge on any atom is -0.0991 e. The first-order valence-electron chi connectivity index (χ1n) is 6.67. The Balaban J connectivity index is 4.04. The van der Waals surface area contributed by atoms with Gasteiger partial charge in [0.05, 0.1) is 0 Å². The van der Waals surface area contributed by atoms with Crippen LogP contribution in [-0.4, -0.2) is 0 Å². The Hall–Kier alpha value is -0.780. The van der Waals surface area contributed by atoms with Gasteiger partial charge in [0.25, 0.3) is 0 Å². The second kappa shape index (κ2) is 10.7. The summed E-state index contributed by atoms with van der Waals surface area (Å²) >= 11 is 0. The van der Waals surface area contributed by atoms with Gasteiger partial charge in [0.15, 0.2) is 0 Å². The Morgan fingerprint density at radius 1 is 1.00 bits per heavy atom. The predicted molar refractivity (Wildman–Crippen MR) is 75.6 cm³/mol. The van der Waals surface area contributed by atoms with E-state index in [-0.39, 0.29) is 0 Å². The zero-order valence-electron chi connectivity index (χ0n) is 11.3. The molecule has 92 valence electrons. The van der Waals surface area contributed by atoms with Crippen molar-refractivity contribution in [2.45, 2.75) is 52.9 Å². The van der Waals surface area contributed by atoms with Crippen molar-refractivity contribution in [3.63, 3.8) is 0 Å². The Morgan fingerprint density at radius 3 is 2.00 bits per heavy atom. The normalized spacial score (nSPS) is 15.7. The molecule has 0 amide bonds. The van der Waals surface area contributed by atoms with Gasteiger partial charge in [-0.25, -0.2) is 0 Å². The Bertz CT molecular complexity index is 210. The van der Waals surface area contributed by atoms with Crippen LogP contribution in [0.5, 0.6) is 0 Å². The second-order valence-corrected chi connectivity index (χ2v) is 4.49. The Kier molecular flexibility index (Phi) is 10.2. The molecule has 0 aliphatic heterocycles. The summed E-state index contributed by atoms with van der Waals surface area (Å²) in [5, 5.41) is 0. The van der Waals surface area contributed by atoms with Crippen LogP contribution in [-0.2, 0) is 0 Å². The molecule has 0 nitrogen and oxygen atoms in total. The molecule has 0 heteroatoms. The van der Waals surface area contributed by atoms with Gasteiger partial charge in [0, 0.05) is 0 Å². The summed E-state index contributed by atoms with van der Waals surface area (Å²) in [6, 6.07) is 0. The first kappa shape index (κ1) is 15.2. The van der Waals surface area contributed by atoms with Crippen molar-refractivity contribution in [1.82, 2.24) is 0 Å². The van der Waals surface area contributed by atoms with Gasteiger partial charge in [-0.05, 0) is 38.0 Å². The highest BCUT2D eigenvalue weighted by Crippen LogP contribution is 2.24. The number of hydrogen-bond acceptors (Lipinski definition) is 0. The molecule has 0 aliphatic carbocycles. The van der Waals surface area contributed by atoms with E-state index in [1.807, 2.05) is 6.08 Å². The molecule has 0 N–H and O–H groups in total. The second-order valence-electron chi connectivity index (χ2n) is 4.49. The maximum absolute atomic E-state index is 3.71. The Labute approximate surface area is 102 Å². The summed E-state index contributed by atoms with van der Waals surface area (Å²) in [7, 11) is 0. The molecule has 0 aromatic carbocycles. The maximum Gasteiger partial charge on any atom is -0.0319 e. The topological polar surface area (TPSA) is 0 Å². The summed E-state index contributed by atoms with van der Waals surface area (Å²) in [5.41, 5.74) is 0. The van der Waals surface area contributed by atoms with Crippen LogP contribution in [0, 0.1) is 11.8 Å². The predicted octanol–water partition coefficient (Wildman–Crippen LogP) is 5.53. The van der Waals surface area contributed by atoms with E-state index in [9.17, 15) is 0 Å². The van der Waals surface area contributed by atoms with Crippen LogP contribution in [0.25, 0.3) is 0 Å². The molecule has 0 aromatic heterocycles. The minimum absolute atomic E-state index is 0.839. The van der Waals surface area contributed by atoms with Gasteiger partial charge in [0.2, 0.25) is 0 Å². The molecule has 2 atom stereocenters. The zero-order chi connectivity index (χ0) is 12.2. The lowest BCUT2D eigenvalue weighted by Crippen LogP contribution is -2.06. The van der Waals surface area contributed by atoms with Crippen LogP contribution in [0.2, 0.25) is 0 Å². The minimum atomic E-state index is 0.839. The lowest BCUT2D eigenvalue weighted by Gasteiger charge is -2.19. The molecule has 2 unspecified atom stereocenters. The van der Waals surface area contributed by atoms with Crippen LogP contribution in [0.15, 0.2) is 37.0 Å². The first-order chi connectivity index (χ1) is 7.78. The lowest BCUT2D eigenvalue weighted by atomic mass is 9.86. The van der Waals surface area contributed by atoms with E-state index < -0.39 is 0 Å². The highest BCUT2D eigenvalue weighted by molar-refractivity contribution is 4.97. The summed E-state index contributed by atoms with van der Waals surface area (Å²) in [6.07, 6.45) is 17.0. The van der Waals surface area contributed by atoms with Gasteiger partial charge < -0.3 is 0 Å². The fourth-order valence-electron chi connectivity index (χ4n) is 2.03. The maximum atomic E-state index is 3.71. The monoisotopic (exact) mass is 220 g/mol. The van der Waals surface area contributed by atoms with Crippen molar-refractivity contribution in [1.29, 1.82) is 0 Å². The van der Waals surface area contributed by atoms with Gasteiger partial charge in [-0.2, -0.15) is 0 Å². The molecular weight excluding hydrogens is 192 g/mol. The third kappa shape index (κ3) is 7.50. The van der Waals surface area contributed by atoms with Gasteiger partial charge in [0.1, 0.15) is 0 Å². The van der Waals surface area contributed by atoms with Crippen LogP contribution in [0.1, 0.15) is 52.9 Å². The average Bonchev–Trinajstić information content (AvgIpc) is 2.32. The van der Waals surface area contributed by atoms with Gasteiger partial charge in [-0.1, -0.05) is 63.6 Å². The van der Waals surface area contributed by atoms with Crippen molar-refractivity contribution >= 4 is 0 Å². The van der Waals surface area contributed by atoms with Gasteiger partial charge >= 0.3 is 0 Å². The summed E-state index contributed by atoms with van der Waals surface area (Å²) in [6.45, 7) is 10.4. The van der Waals surface area contributed by atoms with Crippen molar-refractivity contribution < 1.29 is 0 Å². The lowest BCUT2D eigenvalue weighted by molar-refractivity contribution is 0.356. The van der Waals surface area contributed by atoms with Crippen molar-refractivity contribution in [2.24, 2.45) is 11.8 Å². The van der Waals surface area contributed by atoms with Gasteiger partial charge in [-0.15, -0.1) is 0 Å². The van der Waals surface area contributed by atoms with E-state index in [1.54, 1.807) is 0 Å². The quantitative estimate of drug-likeness (QED) is 0.354. The van der Waals surface area contributed by atoms with E-state index in [1.165, 1.54) is 32.1 Å². The van der Waals surface area contributed by atoms with Crippen molar-refractivity contribution in [3.8, 4) is 0 Å². The number of hydrogen-bond donors (Lipinski definition) is 0. The first-order valence-corrected chi connectivity index (χ1v) is 6.67. The molecular formula is C16H28. The van der Waals surface area contributed by atoms with Crippen molar-refractivity contribution in [2.75, 3.05) is 0 Å². The van der Waals surface area contributed by atoms with Gasteiger partial charge in [-0.3, -0.25) is 0 Å². The highest BCUT2D eigenvalue weighted by atomic mass is 14.2. The molecule has 16 heavy (non-hydrogen) atoms. The molecule has 0 aromatic rings. The SMILES string of the molecule is C=CC=CCC(CC)CC(CC)CC=CC. The summed E-state index contributed by atoms with van der Waals surface area (Å²) < 4.78 is 0. The fraction of sp³-hybridized carbons (Fsp3) is 0.625. The van der Waals surface area contributed by atoms with E-state index in [4.69, 9.17) is 0 Å². The Morgan fingerprint density at radius 2 is 1.56 bits per heavy atom. The number of rotatable bonds is 9. The molecule has 0 saturated carbocycles. The molecule has 0 saturated heterocycles. The highest BCUT2D eigenvalue weighted by Gasteiger charge is 2.11. The molecule has 0 radical (unpaired) electrons. The average molecular weight is 220 g/mol. The molecule has 0 fully saturated rings. The third-order valence-corrected chi connectivity index (χ3v) is 3.27. The standard InChI is InChI=1S/C16H28/c1-5-9-11-13-16(8-4)14-15(7-3)12-10-6-2/h5-6,9-11,15-16H,1,7-8,12-14H2,2-4H3. The summed E-state index contributed by atoms with van der Waals surface area (Å²) in [5.74, 6) is 1.70. The van der Waals surface area contributed by atoms with Crippen LogP contribution < -0.4 is 0 Å².